The van der Waals surface area contributed by atoms with Crippen molar-refractivity contribution >= 4 is 0 Å². The molecule has 0 aliphatic rings. The Bertz CT molecular complexity index is 370. The third-order valence-electron chi connectivity index (χ3n) is 2.48. The molecule has 0 fully saturated rings. The summed E-state index contributed by atoms with van der Waals surface area (Å²) in [6, 6.07) is 3.65. The first-order chi connectivity index (χ1) is 7.65. The Hall–Kier alpha value is -1.48. The lowest BCUT2D eigenvalue weighted by atomic mass is 9.99. The van der Waals surface area contributed by atoms with Crippen LogP contribution < -0.4 is 9.47 Å². The summed E-state index contributed by atoms with van der Waals surface area (Å²) >= 11 is 0. The predicted octanol–water partition coefficient (Wildman–Crippen LogP) is 2.49. The van der Waals surface area contributed by atoms with E-state index in [1.165, 1.54) is 0 Å². The monoisotopic (exact) mass is 222 g/mol. The van der Waals surface area contributed by atoms with Crippen LogP contribution in [-0.4, -0.2) is 19.3 Å². The van der Waals surface area contributed by atoms with Gasteiger partial charge >= 0.3 is 0 Å². The molecule has 0 bridgehead atoms. The second-order valence-corrected chi connectivity index (χ2v) is 3.54. The van der Waals surface area contributed by atoms with Gasteiger partial charge in [0.2, 0.25) is 0 Å². The number of hydrogen-bond acceptors (Lipinski definition) is 3. The van der Waals surface area contributed by atoms with Crippen molar-refractivity contribution in [1.82, 2.24) is 0 Å². The van der Waals surface area contributed by atoms with Crippen molar-refractivity contribution in [3.8, 4) is 11.5 Å². The standard InChI is InChI=1S/C13H18O3/c1-5-6-11-10(9(2)14)7-8-12(15-3)13(11)16-4/h5,7-9,14H,1,6H2,2-4H3/t9-/m0/s1. The van der Waals surface area contributed by atoms with Gasteiger partial charge in [0, 0.05) is 5.56 Å². The van der Waals surface area contributed by atoms with Gasteiger partial charge in [-0.25, -0.2) is 0 Å². The molecule has 1 aromatic carbocycles. The van der Waals surface area contributed by atoms with Gasteiger partial charge in [-0.15, -0.1) is 6.58 Å². The van der Waals surface area contributed by atoms with Gasteiger partial charge in [-0.1, -0.05) is 12.1 Å². The van der Waals surface area contributed by atoms with Gasteiger partial charge < -0.3 is 14.6 Å². The molecule has 1 N–H and O–H groups in total. The fourth-order valence-electron chi connectivity index (χ4n) is 1.75. The Morgan fingerprint density at radius 2 is 2.06 bits per heavy atom. The topological polar surface area (TPSA) is 38.7 Å². The molecule has 0 saturated carbocycles. The van der Waals surface area contributed by atoms with Crippen molar-refractivity contribution in [2.75, 3.05) is 14.2 Å². The van der Waals surface area contributed by atoms with E-state index in [0.717, 1.165) is 11.1 Å². The first-order valence-corrected chi connectivity index (χ1v) is 5.18. The summed E-state index contributed by atoms with van der Waals surface area (Å²) < 4.78 is 10.5. The van der Waals surface area contributed by atoms with Crippen LogP contribution in [0.15, 0.2) is 24.8 Å². The van der Waals surface area contributed by atoms with Gasteiger partial charge in [-0.2, -0.15) is 0 Å². The number of aliphatic hydroxyl groups excluding tert-OH is 1. The molecule has 1 aromatic rings. The fourth-order valence-corrected chi connectivity index (χ4v) is 1.75. The molecule has 0 aliphatic heterocycles. The summed E-state index contributed by atoms with van der Waals surface area (Å²) in [6.45, 7) is 5.44. The number of rotatable bonds is 5. The van der Waals surface area contributed by atoms with E-state index in [-0.39, 0.29) is 0 Å². The van der Waals surface area contributed by atoms with Crippen LogP contribution in [0.25, 0.3) is 0 Å². The van der Waals surface area contributed by atoms with Gasteiger partial charge in [-0.05, 0) is 25.0 Å². The minimum absolute atomic E-state index is 0.533. The van der Waals surface area contributed by atoms with E-state index in [0.29, 0.717) is 17.9 Å². The highest BCUT2D eigenvalue weighted by Gasteiger charge is 2.16. The number of ether oxygens (including phenoxy) is 2. The highest BCUT2D eigenvalue weighted by Crippen LogP contribution is 2.36. The molecular weight excluding hydrogens is 204 g/mol. The molecule has 88 valence electrons. The number of hydrogen-bond donors (Lipinski definition) is 1. The van der Waals surface area contributed by atoms with Crippen molar-refractivity contribution in [3.05, 3.63) is 35.9 Å². The van der Waals surface area contributed by atoms with E-state index < -0.39 is 6.10 Å². The lowest BCUT2D eigenvalue weighted by Gasteiger charge is -2.17. The Kier molecular flexibility index (Phi) is 4.38. The van der Waals surface area contributed by atoms with Crippen LogP contribution in [-0.2, 0) is 6.42 Å². The summed E-state index contributed by atoms with van der Waals surface area (Å²) in [4.78, 5) is 0. The average Bonchev–Trinajstić information content (AvgIpc) is 2.28. The largest absolute Gasteiger partial charge is 0.493 e. The molecule has 0 saturated heterocycles. The summed E-state index contributed by atoms with van der Waals surface area (Å²) in [7, 11) is 3.19. The maximum atomic E-state index is 9.68. The number of benzene rings is 1. The first kappa shape index (κ1) is 12.6. The Morgan fingerprint density at radius 3 is 2.50 bits per heavy atom. The lowest BCUT2D eigenvalue weighted by molar-refractivity contribution is 0.197. The van der Waals surface area contributed by atoms with Crippen molar-refractivity contribution in [2.24, 2.45) is 0 Å². The van der Waals surface area contributed by atoms with E-state index in [2.05, 4.69) is 6.58 Å². The molecule has 3 nitrogen and oxygen atoms in total. The normalized spacial score (nSPS) is 12.0. The van der Waals surface area contributed by atoms with Crippen molar-refractivity contribution < 1.29 is 14.6 Å². The zero-order chi connectivity index (χ0) is 12.1. The van der Waals surface area contributed by atoms with Crippen LogP contribution in [0.3, 0.4) is 0 Å². The molecule has 0 heterocycles. The molecule has 0 amide bonds. The van der Waals surface area contributed by atoms with Gasteiger partial charge in [0.25, 0.3) is 0 Å². The third-order valence-corrected chi connectivity index (χ3v) is 2.48. The summed E-state index contributed by atoms with van der Waals surface area (Å²) in [5, 5.41) is 9.68. The second kappa shape index (κ2) is 5.56. The summed E-state index contributed by atoms with van der Waals surface area (Å²) in [6.07, 6.45) is 1.89. The molecule has 1 atom stereocenters. The molecule has 1 rings (SSSR count). The first-order valence-electron chi connectivity index (χ1n) is 5.18. The number of allylic oxidation sites excluding steroid dienone is 1. The molecule has 0 radical (unpaired) electrons. The zero-order valence-electron chi connectivity index (χ0n) is 9.99. The Labute approximate surface area is 96.3 Å². The van der Waals surface area contributed by atoms with Crippen LogP contribution in [0.4, 0.5) is 0 Å². The zero-order valence-corrected chi connectivity index (χ0v) is 9.99. The highest BCUT2D eigenvalue weighted by molar-refractivity contribution is 5.52. The third kappa shape index (κ3) is 2.36. The minimum Gasteiger partial charge on any atom is -0.493 e. The molecule has 0 aromatic heterocycles. The van der Waals surface area contributed by atoms with E-state index in [1.807, 2.05) is 6.07 Å². The Balaban J connectivity index is 3.37. The van der Waals surface area contributed by atoms with E-state index >= 15 is 0 Å². The average molecular weight is 222 g/mol. The van der Waals surface area contributed by atoms with Crippen LogP contribution in [0.1, 0.15) is 24.2 Å². The van der Waals surface area contributed by atoms with Crippen LogP contribution in [0.2, 0.25) is 0 Å². The van der Waals surface area contributed by atoms with Crippen LogP contribution >= 0.6 is 0 Å². The second-order valence-electron chi connectivity index (χ2n) is 3.54. The number of methoxy groups -OCH3 is 2. The van der Waals surface area contributed by atoms with Crippen molar-refractivity contribution in [2.45, 2.75) is 19.4 Å². The Morgan fingerprint density at radius 1 is 1.38 bits per heavy atom. The van der Waals surface area contributed by atoms with Gasteiger partial charge in [-0.3, -0.25) is 0 Å². The smallest absolute Gasteiger partial charge is 0.164 e. The van der Waals surface area contributed by atoms with E-state index in [9.17, 15) is 5.11 Å². The SMILES string of the molecule is C=CCc1c([C@H](C)O)ccc(OC)c1OC. The van der Waals surface area contributed by atoms with Gasteiger partial charge in [0.05, 0.1) is 20.3 Å². The highest BCUT2D eigenvalue weighted by atomic mass is 16.5. The predicted molar refractivity (Wildman–Crippen MR) is 64.1 cm³/mol. The molecule has 0 aliphatic carbocycles. The van der Waals surface area contributed by atoms with Crippen LogP contribution in [0, 0.1) is 0 Å². The molecule has 0 unspecified atom stereocenters. The van der Waals surface area contributed by atoms with Gasteiger partial charge in [0.1, 0.15) is 0 Å². The van der Waals surface area contributed by atoms with Crippen molar-refractivity contribution in [3.63, 3.8) is 0 Å². The summed E-state index contributed by atoms with van der Waals surface area (Å²) in [5.41, 5.74) is 1.77. The maximum Gasteiger partial charge on any atom is 0.164 e. The molecule has 0 spiro atoms. The van der Waals surface area contributed by atoms with Crippen molar-refractivity contribution in [1.29, 1.82) is 0 Å². The van der Waals surface area contributed by atoms with E-state index in [4.69, 9.17) is 9.47 Å². The molecule has 3 heteroatoms. The lowest BCUT2D eigenvalue weighted by Crippen LogP contribution is -2.03. The maximum absolute atomic E-state index is 9.68. The molecule has 16 heavy (non-hydrogen) atoms. The minimum atomic E-state index is -0.533. The summed E-state index contributed by atoms with van der Waals surface area (Å²) in [5.74, 6) is 1.34. The molecular formula is C13H18O3. The van der Waals surface area contributed by atoms with E-state index in [1.54, 1.807) is 33.3 Å². The number of aliphatic hydroxyl groups is 1. The van der Waals surface area contributed by atoms with Crippen LogP contribution in [0.5, 0.6) is 11.5 Å². The fraction of sp³-hybridized carbons (Fsp3) is 0.385. The van der Waals surface area contributed by atoms with Gasteiger partial charge in [0.15, 0.2) is 11.5 Å². The quantitative estimate of drug-likeness (QED) is 0.778.